The monoisotopic (exact) mass is 374 g/mol. The molecule has 0 unspecified atom stereocenters. The van der Waals surface area contributed by atoms with E-state index in [1.807, 2.05) is 12.1 Å². The van der Waals surface area contributed by atoms with Crippen LogP contribution in [0.4, 0.5) is 5.69 Å². The van der Waals surface area contributed by atoms with Crippen molar-refractivity contribution in [1.82, 2.24) is 14.7 Å². The third-order valence-corrected chi connectivity index (χ3v) is 5.88. The van der Waals surface area contributed by atoms with Crippen molar-refractivity contribution < 1.29 is 5.11 Å². The molecule has 0 amide bonds. The highest BCUT2D eigenvalue weighted by Gasteiger charge is 2.27. The largest absolute Gasteiger partial charge is 0.387 e. The summed E-state index contributed by atoms with van der Waals surface area (Å²) in [6.45, 7) is 6.92. The summed E-state index contributed by atoms with van der Waals surface area (Å²) in [5.41, 5.74) is 3.25. The van der Waals surface area contributed by atoms with Gasteiger partial charge in [0.15, 0.2) is 0 Å². The SMILES string of the molecule is C[C@@H](O)c1cc2n(n1)CCCN(C1CCN(c3cccc(Cl)c3)CC1)C2. The van der Waals surface area contributed by atoms with E-state index in [1.165, 1.54) is 24.2 Å². The number of fused-ring (bicyclic) bond motifs is 1. The molecule has 0 bridgehead atoms. The average molecular weight is 375 g/mol. The number of nitrogens with zero attached hydrogens (tertiary/aromatic N) is 4. The number of piperidine rings is 1. The van der Waals surface area contributed by atoms with Crippen molar-refractivity contribution in [3.8, 4) is 0 Å². The molecule has 26 heavy (non-hydrogen) atoms. The van der Waals surface area contributed by atoms with Crippen LogP contribution in [0.15, 0.2) is 30.3 Å². The highest BCUT2D eigenvalue weighted by Crippen LogP contribution is 2.27. The van der Waals surface area contributed by atoms with Crippen LogP contribution in [-0.4, -0.2) is 45.5 Å². The van der Waals surface area contributed by atoms with Gasteiger partial charge >= 0.3 is 0 Å². The molecule has 3 heterocycles. The van der Waals surface area contributed by atoms with Crippen LogP contribution < -0.4 is 4.90 Å². The average Bonchev–Trinajstić information content (AvgIpc) is 2.94. The summed E-state index contributed by atoms with van der Waals surface area (Å²) >= 11 is 6.14. The van der Waals surface area contributed by atoms with Crippen LogP contribution in [0.3, 0.4) is 0 Å². The molecule has 5 nitrogen and oxygen atoms in total. The zero-order chi connectivity index (χ0) is 18.1. The van der Waals surface area contributed by atoms with Crippen LogP contribution in [0.2, 0.25) is 5.02 Å². The van der Waals surface area contributed by atoms with E-state index in [0.29, 0.717) is 6.04 Å². The van der Waals surface area contributed by atoms with Gasteiger partial charge in [0, 0.05) is 49.5 Å². The minimum Gasteiger partial charge on any atom is -0.387 e. The molecule has 1 aromatic heterocycles. The van der Waals surface area contributed by atoms with Gasteiger partial charge in [-0.2, -0.15) is 5.10 Å². The van der Waals surface area contributed by atoms with Gasteiger partial charge in [-0.3, -0.25) is 9.58 Å². The maximum atomic E-state index is 9.81. The molecular weight excluding hydrogens is 348 g/mol. The van der Waals surface area contributed by atoms with Crippen molar-refractivity contribution in [2.75, 3.05) is 24.5 Å². The number of benzene rings is 1. The molecule has 6 heteroatoms. The van der Waals surface area contributed by atoms with E-state index in [4.69, 9.17) is 11.6 Å². The second kappa shape index (κ2) is 7.59. The van der Waals surface area contributed by atoms with E-state index in [9.17, 15) is 5.11 Å². The maximum absolute atomic E-state index is 9.81. The Morgan fingerprint density at radius 3 is 2.69 bits per heavy atom. The second-order valence-electron chi connectivity index (χ2n) is 7.48. The number of anilines is 1. The van der Waals surface area contributed by atoms with Gasteiger partial charge in [0.2, 0.25) is 0 Å². The molecule has 0 aliphatic carbocycles. The van der Waals surface area contributed by atoms with Crippen molar-refractivity contribution in [1.29, 1.82) is 0 Å². The fourth-order valence-corrected chi connectivity index (χ4v) is 4.37. The maximum Gasteiger partial charge on any atom is 0.0950 e. The summed E-state index contributed by atoms with van der Waals surface area (Å²) in [4.78, 5) is 5.05. The Kier molecular flexibility index (Phi) is 5.20. The van der Waals surface area contributed by atoms with Crippen molar-refractivity contribution in [2.24, 2.45) is 0 Å². The molecule has 140 valence electrons. The smallest absolute Gasteiger partial charge is 0.0950 e. The van der Waals surface area contributed by atoms with E-state index in [-0.39, 0.29) is 0 Å². The Morgan fingerprint density at radius 1 is 1.15 bits per heavy atom. The molecule has 2 aliphatic heterocycles. The van der Waals surface area contributed by atoms with Gasteiger partial charge in [-0.05, 0) is 50.5 Å². The molecule has 1 saturated heterocycles. The number of aryl methyl sites for hydroxylation is 1. The van der Waals surface area contributed by atoms with Gasteiger partial charge in [-0.25, -0.2) is 0 Å². The van der Waals surface area contributed by atoms with Crippen LogP contribution in [0.1, 0.15) is 43.7 Å². The van der Waals surface area contributed by atoms with E-state index in [2.05, 4.69) is 37.8 Å². The zero-order valence-electron chi connectivity index (χ0n) is 15.3. The number of halogens is 1. The van der Waals surface area contributed by atoms with Gasteiger partial charge in [-0.15, -0.1) is 0 Å². The third-order valence-electron chi connectivity index (χ3n) is 5.64. The van der Waals surface area contributed by atoms with Crippen molar-refractivity contribution in [3.63, 3.8) is 0 Å². The van der Waals surface area contributed by atoms with Crippen molar-refractivity contribution in [2.45, 2.75) is 51.4 Å². The van der Waals surface area contributed by atoms with E-state index in [0.717, 1.165) is 49.9 Å². The van der Waals surface area contributed by atoms with E-state index >= 15 is 0 Å². The molecule has 0 spiro atoms. The fraction of sp³-hybridized carbons (Fsp3) is 0.550. The summed E-state index contributed by atoms with van der Waals surface area (Å²) in [6, 6.07) is 10.9. The summed E-state index contributed by atoms with van der Waals surface area (Å²) in [5.74, 6) is 0. The van der Waals surface area contributed by atoms with Crippen LogP contribution in [0, 0.1) is 0 Å². The topological polar surface area (TPSA) is 44.5 Å². The zero-order valence-corrected chi connectivity index (χ0v) is 16.1. The van der Waals surface area contributed by atoms with Gasteiger partial charge in [-0.1, -0.05) is 17.7 Å². The Labute approximate surface area is 160 Å². The molecule has 2 aliphatic rings. The van der Waals surface area contributed by atoms with E-state index in [1.54, 1.807) is 6.92 Å². The Hall–Kier alpha value is -1.56. The molecule has 1 N–H and O–H groups in total. The van der Waals surface area contributed by atoms with Crippen molar-refractivity contribution >= 4 is 17.3 Å². The lowest BCUT2D eigenvalue weighted by Crippen LogP contribution is -2.44. The lowest BCUT2D eigenvalue weighted by atomic mass is 10.0. The first kappa shape index (κ1) is 17.8. The molecule has 1 atom stereocenters. The first-order valence-corrected chi connectivity index (χ1v) is 9.97. The lowest BCUT2D eigenvalue weighted by molar-refractivity contribution is 0.162. The number of aliphatic hydroxyl groups excluding tert-OH is 1. The van der Waals surface area contributed by atoms with Gasteiger partial charge in [0.1, 0.15) is 0 Å². The third kappa shape index (κ3) is 3.75. The number of hydrogen-bond donors (Lipinski definition) is 1. The quantitative estimate of drug-likeness (QED) is 0.893. The highest BCUT2D eigenvalue weighted by atomic mass is 35.5. The van der Waals surface area contributed by atoms with Gasteiger partial charge in [0.05, 0.1) is 17.5 Å². The predicted octanol–water partition coefficient (Wildman–Crippen LogP) is 3.46. The number of aliphatic hydroxyl groups is 1. The molecule has 2 aromatic rings. The van der Waals surface area contributed by atoms with Gasteiger partial charge < -0.3 is 10.0 Å². The van der Waals surface area contributed by atoms with E-state index < -0.39 is 6.10 Å². The van der Waals surface area contributed by atoms with Crippen molar-refractivity contribution in [3.05, 3.63) is 46.7 Å². The Morgan fingerprint density at radius 2 is 1.96 bits per heavy atom. The predicted molar refractivity (Wildman–Crippen MR) is 105 cm³/mol. The summed E-state index contributed by atoms with van der Waals surface area (Å²) in [6.07, 6.45) is 2.96. The Balaban J connectivity index is 1.41. The fourth-order valence-electron chi connectivity index (χ4n) is 4.19. The lowest BCUT2D eigenvalue weighted by Gasteiger charge is -2.39. The molecule has 0 radical (unpaired) electrons. The number of hydrogen-bond acceptors (Lipinski definition) is 4. The van der Waals surface area contributed by atoms with Gasteiger partial charge in [0.25, 0.3) is 0 Å². The first-order chi connectivity index (χ1) is 12.6. The molecule has 4 rings (SSSR count). The molecule has 1 fully saturated rings. The van der Waals surface area contributed by atoms with Crippen LogP contribution in [0.25, 0.3) is 0 Å². The highest BCUT2D eigenvalue weighted by molar-refractivity contribution is 6.30. The summed E-state index contributed by atoms with van der Waals surface area (Å²) in [7, 11) is 0. The first-order valence-electron chi connectivity index (χ1n) is 9.59. The minimum atomic E-state index is -0.496. The molecule has 0 saturated carbocycles. The summed E-state index contributed by atoms with van der Waals surface area (Å²) in [5, 5.41) is 15.2. The van der Waals surface area contributed by atoms with Crippen LogP contribution in [-0.2, 0) is 13.1 Å². The Bertz CT molecular complexity index is 752. The second-order valence-corrected chi connectivity index (χ2v) is 7.92. The normalized spacial score (nSPS) is 20.7. The minimum absolute atomic E-state index is 0.496. The van der Waals surface area contributed by atoms with Crippen LogP contribution in [0.5, 0.6) is 0 Å². The number of rotatable bonds is 3. The molecule has 1 aromatic carbocycles. The standard InChI is InChI=1S/C20H27ClN4O/c1-15(26)20-13-19-14-24(8-3-9-25(19)22-20)17-6-10-23(11-7-17)18-5-2-4-16(21)12-18/h2,4-5,12-13,15,17,26H,3,6-11,14H2,1H3/t15-/m1/s1. The number of aromatic nitrogens is 2. The summed E-state index contributed by atoms with van der Waals surface area (Å²) < 4.78 is 2.09. The van der Waals surface area contributed by atoms with Crippen LogP contribution >= 0.6 is 11.6 Å². The molecular formula is C20H27ClN4O.